The van der Waals surface area contributed by atoms with Crippen molar-refractivity contribution in [3.05, 3.63) is 59.7 Å². The standard InChI is InChI=1S/C24H32N2O3/c1-2-3-4-5-6-7-8-9-18-26(22-16-12-20(13-17-22)24(28)29)23(27)19-10-14-21(25)15-11-19/h10-17H,2-9,18,25H2,1H3,(H,28,29). The number of amides is 1. The van der Waals surface area contributed by atoms with E-state index in [1.807, 2.05) is 0 Å². The first-order valence-corrected chi connectivity index (χ1v) is 10.5. The van der Waals surface area contributed by atoms with E-state index in [-0.39, 0.29) is 11.5 Å². The molecule has 0 atom stereocenters. The second-order valence-electron chi connectivity index (χ2n) is 7.41. The third-order valence-corrected chi connectivity index (χ3v) is 5.06. The summed E-state index contributed by atoms with van der Waals surface area (Å²) in [7, 11) is 0. The molecule has 0 aliphatic carbocycles. The molecule has 5 heteroatoms. The van der Waals surface area contributed by atoms with Gasteiger partial charge in [0.2, 0.25) is 0 Å². The molecule has 0 saturated carbocycles. The molecule has 1 amide bonds. The maximum atomic E-state index is 13.1. The SMILES string of the molecule is CCCCCCCCCCN(C(=O)c1ccc(N)cc1)c1ccc(C(=O)O)cc1. The average Bonchev–Trinajstić information content (AvgIpc) is 2.73. The molecule has 2 aromatic carbocycles. The van der Waals surface area contributed by atoms with Crippen LogP contribution in [0.1, 0.15) is 79.0 Å². The maximum absolute atomic E-state index is 13.1. The van der Waals surface area contributed by atoms with Crippen molar-refractivity contribution < 1.29 is 14.7 Å². The predicted molar refractivity (Wildman–Crippen MR) is 119 cm³/mol. The Morgan fingerprint density at radius 1 is 0.793 bits per heavy atom. The molecule has 0 radical (unpaired) electrons. The van der Waals surface area contributed by atoms with Crippen LogP contribution < -0.4 is 10.6 Å². The van der Waals surface area contributed by atoms with Gasteiger partial charge in [0, 0.05) is 23.5 Å². The van der Waals surface area contributed by atoms with E-state index < -0.39 is 5.97 Å². The van der Waals surface area contributed by atoms with Gasteiger partial charge in [-0.15, -0.1) is 0 Å². The number of carbonyl (C=O) groups is 2. The molecule has 2 aromatic rings. The quantitative estimate of drug-likeness (QED) is 0.353. The lowest BCUT2D eigenvalue weighted by molar-refractivity contribution is 0.0696. The summed E-state index contributed by atoms with van der Waals surface area (Å²) in [6, 6.07) is 13.4. The number of carbonyl (C=O) groups excluding carboxylic acids is 1. The fourth-order valence-electron chi connectivity index (χ4n) is 3.32. The van der Waals surface area contributed by atoms with Gasteiger partial charge in [0.1, 0.15) is 0 Å². The summed E-state index contributed by atoms with van der Waals surface area (Å²) in [5, 5.41) is 9.11. The van der Waals surface area contributed by atoms with Crippen molar-refractivity contribution in [1.29, 1.82) is 0 Å². The van der Waals surface area contributed by atoms with Gasteiger partial charge in [0.15, 0.2) is 0 Å². The zero-order valence-corrected chi connectivity index (χ0v) is 17.3. The van der Waals surface area contributed by atoms with E-state index in [1.54, 1.807) is 41.3 Å². The van der Waals surface area contributed by atoms with Gasteiger partial charge in [0.25, 0.3) is 5.91 Å². The number of nitrogen functional groups attached to an aromatic ring is 1. The van der Waals surface area contributed by atoms with E-state index in [2.05, 4.69) is 6.92 Å². The smallest absolute Gasteiger partial charge is 0.335 e. The Morgan fingerprint density at radius 2 is 1.31 bits per heavy atom. The van der Waals surface area contributed by atoms with Gasteiger partial charge in [-0.2, -0.15) is 0 Å². The van der Waals surface area contributed by atoms with Gasteiger partial charge in [0.05, 0.1) is 5.56 Å². The normalized spacial score (nSPS) is 10.7. The van der Waals surface area contributed by atoms with Crippen LogP contribution in [0.2, 0.25) is 0 Å². The first kappa shape index (κ1) is 22.5. The van der Waals surface area contributed by atoms with Gasteiger partial charge in [-0.1, -0.05) is 51.9 Å². The van der Waals surface area contributed by atoms with Gasteiger partial charge in [-0.3, -0.25) is 4.79 Å². The summed E-state index contributed by atoms with van der Waals surface area (Å²) in [5.74, 6) is -1.08. The van der Waals surface area contributed by atoms with Crippen molar-refractivity contribution in [2.75, 3.05) is 17.2 Å². The topological polar surface area (TPSA) is 83.6 Å². The summed E-state index contributed by atoms with van der Waals surface area (Å²) in [4.78, 5) is 25.9. The molecule has 0 unspecified atom stereocenters. The average molecular weight is 397 g/mol. The van der Waals surface area contributed by atoms with Crippen LogP contribution in [-0.4, -0.2) is 23.5 Å². The first-order valence-electron chi connectivity index (χ1n) is 10.5. The fourth-order valence-corrected chi connectivity index (χ4v) is 3.32. The molecule has 2 rings (SSSR count). The summed E-state index contributed by atoms with van der Waals surface area (Å²) in [5.41, 5.74) is 7.84. The minimum Gasteiger partial charge on any atom is -0.478 e. The van der Waals surface area contributed by atoms with Gasteiger partial charge < -0.3 is 15.7 Å². The summed E-state index contributed by atoms with van der Waals surface area (Å²) in [6.45, 7) is 2.82. The van der Waals surface area contributed by atoms with Crippen LogP contribution in [0.4, 0.5) is 11.4 Å². The Bertz CT molecular complexity index is 770. The van der Waals surface area contributed by atoms with Crippen LogP contribution in [0.3, 0.4) is 0 Å². The number of carboxylic acid groups (broad SMARTS) is 1. The Morgan fingerprint density at radius 3 is 1.86 bits per heavy atom. The highest BCUT2D eigenvalue weighted by Gasteiger charge is 2.18. The van der Waals surface area contributed by atoms with Gasteiger partial charge in [-0.25, -0.2) is 4.79 Å². The Kier molecular flexibility index (Phi) is 9.22. The molecule has 5 nitrogen and oxygen atoms in total. The molecular formula is C24H32N2O3. The third kappa shape index (κ3) is 7.26. The number of benzene rings is 2. The van der Waals surface area contributed by atoms with E-state index in [4.69, 9.17) is 10.8 Å². The number of carboxylic acids is 1. The zero-order chi connectivity index (χ0) is 21.1. The molecule has 0 bridgehead atoms. The van der Waals surface area contributed by atoms with Crippen LogP contribution in [0.15, 0.2) is 48.5 Å². The summed E-state index contributed by atoms with van der Waals surface area (Å²) >= 11 is 0. The lowest BCUT2D eigenvalue weighted by Crippen LogP contribution is -2.32. The second-order valence-corrected chi connectivity index (χ2v) is 7.41. The number of hydrogen-bond donors (Lipinski definition) is 2. The molecule has 0 spiro atoms. The molecule has 0 saturated heterocycles. The molecule has 0 heterocycles. The van der Waals surface area contributed by atoms with E-state index >= 15 is 0 Å². The lowest BCUT2D eigenvalue weighted by atomic mass is 10.1. The number of rotatable bonds is 12. The fraction of sp³-hybridized carbons (Fsp3) is 0.417. The highest BCUT2D eigenvalue weighted by molar-refractivity contribution is 6.06. The number of unbranched alkanes of at least 4 members (excludes halogenated alkanes) is 7. The van der Waals surface area contributed by atoms with Crippen LogP contribution in [0.5, 0.6) is 0 Å². The van der Waals surface area contributed by atoms with Crippen LogP contribution in [0.25, 0.3) is 0 Å². The first-order chi connectivity index (χ1) is 14.0. The molecule has 0 fully saturated rings. The van der Waals surface area contributed by atoms with Gasteiger partial charge >= 0.3 is 5.97 Å². The van der Waals surface area contributed by atoms with Crippen LogP contribution >= 0.6 is 0 Å². The van der Waals surface area contributed by atoms with E-state index in [0.717, 1.165) is 12.8 Å². The number of hydrogen-bond acceptors (Lipinski definition) is 3. The largest absolute Gasteiger partial charge is 0.478 e. The number of nitrogens with zero attached hydrogens (tertiary/aromatic N) is 1. The summed E-state index contributed by atoms with van der Waals surface area (Å²) in [6.07, 6.45) is 9.52. The van der Waals surface area contributed by atoms with Crippen molar-refractivity contribution in [2.45, 2.75) is 58.3 Å². The molecule has 0 aliphatic rings. The van der Waals surface area contributed by atoms with E-state index in [9.17, 15) is 9.59 Å². The summed E-state index contributed by atoms with van der Waals surface area (Å²) < 4.78 is 0. The van der Waals surface area contributed by atoms with E-state index in [1.165, 1.54) is 50.7 Å². The van der Waals surface area contributed by atoms with Crippen molar-refractivity contribution in [3.63, 3.8) is 0 Å². The molecule has 3 N–H and O–H groups in total. The maximum Gasteiger partial charge on any atom is 0.335 e. The number of aromatic carboxylic acids is 1. The molecular weight excluding hydrogens is 364 g/mol. The van der Waals surface area contributed by atoms with Crippen LogP contribution in [-0.2, 0) is 0 Å². The minimum absolute atomic E-state index is 0.101. The van der Waals surface area contributed by atoms with Crippen molar-refractivity contribution in [1.82, 2.24) is 0 Å². The Labute approximate surface area is 173 Å². The minimum atomic E-state index is -0.976. The lowest BCUT2D eigenvalue weighted by Gasteiger charge is -2.23. The van der Waals surface area contributed by atoms with E-state index in [0.29, 0.717) is 23.5 Å². The predicted octanol–water partition coefficient (Wildman–Crippen LogP) is 5.75. The monoisotopic (exact) mass is 396 g/mol. The van der Waals surface area contributed by atoms with Gasteiger partial charge in [-0.05, 0) is 55.0 Å². The van der Waals surface area contributed by atoms with Crippen molar-refractivity contribution in [3.8, 4) is 0 Å². The van der Waals surface area contributed by atoms with Crippen molar-refractivity contribution >= 4 is 23.3 Å². The highest BCUT2D eigenvalue weighted by Crippen LogP contribution is 2.20. The molecule has 0 aromatic heterocycles. The Balaban J connectivity index is 2.02. The molecule has 0 aliphatic heterocycles. The molecule has 156 valence electrons. The Hall–Kier alpha value is -2.82. The van der Waals surface area contributed by atoms with Crippen molar-refractivity contribution in [2.24, 2.45) is 0 Å². The zero-order valence-electron chi connectivity index (χ0n) is 17.3. The second kappa shape index (κ2) is 11.9. The third-order valence-electron chi connectivity index (χ3n) is 5.06. The number of anilines is 2. The highest BCUT2D eigenvalue weighted by atomic mass is 16.4. The number of nitrogens with two attached hydrogens (primary N) is 1. The molecule has 29 heavy (non-hydrogen) atoms. The van der Waals surface area contributed by atoms with Crippen LogP contribution in [0, 0.1) is 0 Å².